The number of rotatable bonds is 8. The highest BCUT2D eigenvalue weighted by atomic mass is 35.5. The quantitative estimate of drug-likeness (QED) is 0.251. The lowest BCUT2D eigenvalue weighted by molar-refractivity contribution is 0.0955. The normalized spacial score (nSPS) is 11.0. The van der Waals surface area contributed by atoms with Gasteiger partial charge in [-0.25, -0.2) is 5.43 Å². The fraction of sp³-hybridized carbons (Fsp3) is 0.111. The van der Waals surface area contributed by atoms with Gasteiger partial charge in [-0.1, -0.05) is 60.1 Å². The second-order valence-electron chi connectivity index (χ2n) is 7.24. The van der Waals surface area contributed by atoms with Gasteiger partial charge in [0.25, 0.3) is 5.91 Å². The van der Waals surface area contributed by atoms with Gasteiger partial charge in [-0.15, -0.1) is 0 Å². The maximum Gasteiger partial charge on any atom is 0.271 e. The predicted octanol–water partition coefficient (Wildman–Crippen LogP) is 6.23. The minimum atomic E-state index is -0.312. The molecule has 0 aromatic heterocycles. The van der Waals surface area contributed by atoms with E-state index >= 15 is 0 Å². The maximum atomic E-state index is 12.5. The van der Waals surface area contributed by atoms with Gasteiger partial charge in [0.2, 0.25) is 0 Å². The number of amides is 1. The van der Waals surface area contributed by atoms with Crippen molar-refractivity contribution in [1.82, 2.24) is 5.43 Å². The molecule has 5 nitrogen and oxygen atoms in total. The Bertz CT molecular complexity index is 1290. The molecule has 0 saturated carbocycles. The minimum absolute atomic E-state index is 0.312. The predicted molar refractivity (Wildman–Crippen MR) is 132 cm³/mol. The first-order chi connectivity index (χ1) is 16.2. The zero-order valence-corrected chi connectivity index (χ0v) is 18.9. The van der Waals surface area contributed by atoms with Crippen LogP contribution in [0.15, 0.2) is 90.0 Å². The van der Waals surface area contributed by atoms with Crippen LogP contribution in [-0.2, 0) is 6.61 Å². The largest absolute Gasteiger partial charge is 0.494 e. The molecule has 0 aliphatic rings. The van der Waals surface area contributed by atoms with E-state index in [1.165, 1.54) is 0 Å². The minimum Gasteiger partial charge on any atom is -0.494 e. The van der Waals surface area contributed by atoms with E-state index in [2.05, 4.69) is 10.5 Å². The van der Waals surface area contributed by atoms with Crippen molar-refractivity contribution in [2.24, 2.45) is 5.10 Å². The van der Waals surface area contributed by atoms with Crippen LogP contribution in [0, 0.1) is 0 Å². The van der Waals surface area contributed by atoms with Crippen LogP contribution in [0.2, 0.25) is 5.02 Å². The van der Waals surface area contributed by atoms with Crippen molar-refractivity contribution >= 4 is 34.5 Å². The molecular formula is C27H23ClN2O3. The summed E-state index contributed by atoms with van der Waals surface area (Å²) in [6.07, 6.45) is 1.61. The van der Waals surface area contributed by atoms with Gasteiger partial charge < -0.3 is 9.47 Å². The van der Waals surface area contributed by atoms with Crippen LogP contribution in [0.25, 0.3) is 10.8 Å². The fourth-order valence-corrected chi connectivity index (χ4v) is 3.59. The van der Waals surface area contributed by atoms with Gasteiger partial charge in [-0.3, -0.25) is 4.79 Å². The Labute approximate surface area is 197 Å². The zero-order valence-electron chi connectivity index (χ0n) is 18.1. The summed E-state index contributed by atoms with van der Waals surface area (Å²) >= 11 is 6.27. The topological polar surface area (TPSA) is 59.9 Å². The van der Waals surface area contributed by atoms with E-state index in [1.807, 2.05) is 67.6 Å². The molecule has 0 spiro atoms. The highest BCUT2D eigenvalue weighted by molar-refractivity contribution is 6.31. The summed E-state index contributed by atoms with van der Waals surface area (Å²) < 4.78 is 11.5. The molecule has 0 saturated heterocycles. The van der Waals surface area contributed by atoms with Crippen molar-refractivity contribution in [3.8, 4) is 11.5 Å². The average Bonchev–Trinajstić information content (AvgIpc) is 2.84. The number of hydrogen-bond acceptors (Lipinski definition) is 4. The van der Waals surface area contributed by atoms with Crippen LogP contribution in [0.1, 0.15) is 28.4 Å². The van der Waals surface area contributed by atoms with Crippen molar-refractivity contribution in [3.63, 3.8) is 0 Å². The molecule has 0 unspecified atom stereocenters. The molecule has 0 fully saturated rings. The van der Waals surface area contributed by atoms with Gasteiger partial charge in [0.05, 0.1) is 12.8 Å². The third kappa shape index (κ3) is 5.51. The summed E-state index contributed by atoms with van der Waals surface area (Å²) in [5.41, 5.74) is 4.73. The van der Waals surface area contributed by atoms with E-state index < -0.39 is 0 Å². The maximum absolute atomic E-state index is 12.5. The van der Waals surface area contributed by atoms with Gasteiger partial charge in [0, 0.05) is 21.7 Å². The number of hydrazone groups is 1. The molecule has 1 amide bonds. The van der Waals surface area contributed by atoms with E-state index in [1.54, 1.807) is 30.5 Å². The Morgan fingerprint density at radius 1 is 0.939 bits per heavy atom. The monoisotopic (exact) mass is 458 g/mol. The second-order valence-corrected chi connectivity index (χ2v) is 7.64. The number of nitrogens with zero attached hydrogens (tertiary/aromatic N) is 1. The molecule has 4 aromatic rings. The Balaban J connectivity index is 1.55. The van der Waals surface area contributed by atoms with Gasteiger partial charge in [0.1, 0.15) is 18.1 Å². The number of nitrogens with one attached hydrogen (secondary N) is 1. The average molecular weight is 459 g/mol. The van der Waals surface area contributed by atoms with Crippen LogP contribution in [-0.4, -0.2) is 18.7 Å². The van der Waals surface area contributed by atoms with Crippen LogP contribution < -0.4 is 14.9 Å². The van der Waals surface area contributed by atoms with E-state index in [-0.39, 0.29) is 5.91 Å². The lowest BCUT2D eigenvalue weighted by atomic mass is 10.0. The summed E-state index contributed by atoms with van der Waals surface area (Å²) in [7, 11) is 0. The number of fused-ring (bicyclic) bond motifs is 1. The van der Waals surface area contributed by atoms with Crippen LogP contribution >= 0.6 is 11.6 Å². The Morgan fingerprint density at radius 3 is 2.48 bits per heavy atom. The van der Waals surface area contributed by atoms with Crippen molar-refractivity contribution in [2.45, 2.75) is 13.5 Å². The van der Waals surface area contributed by atoms with Crippen molar-refractivity contribution in [1.29, 1.82) is 0 Å². The van der Waals surface area contributed by atoms with E-state index in [4.69, 9.17) is 21.1 Å². The SMILES string of the molecule is CCOc1ccc(C(=O)N/N=C/c2c(OCc3ccccc3Cl)ccc3ccccc23)cc1. The van der Waals surface area contributed by atoms with E-state index in [0.717, 1.165) is 21.9 Å². The van der Waals surface area contributed by atoms with Crippen LogP contribution in [0.4, 0.5) is 0 Å². The lowest BCUT2D eigenvalue weighted by Crippen LogP contribution is -2.17. The molecule has 0 atom stereocenters. The van der Waals surface area contributed by atoms with Crippen molar-refractivity contribution in [3.05, 3.63) is 107 Å². The van der Waals surface area contributed by atoms with E-state index in [9.17, 15) is 4.79 Å². The van der Waals surface area contributed by atoms with Gasteiger partial charge in [0.15, 0.2) is 0 Å². The van der Waals surface area contributed by atoms with Gasteiger partial charge in [-0.2, -0.15) is 5.10 Å². The molecule has 0 heterocycles. The van der Waals surface area contributed by atoms with Crippen LogP contribution in [0.3, 0.4) is 0 Å². The third-order valence-electron chi connectivity index (χ3n) is 5.06. The second kappa shape index (κ2) is 10.7. The molecule has 4 rings (SSSR count). The number of hydrogen-bond donors (Lipinski definition) is 1. The molecule has 1 N–H and O–H groups in total. The summed E-state index contributed by atoms with van der Waals surface area (Å²) in [6.45, 7) is 2.80. The molecule has 166 valence electrons. The molecular weight excluding hydrogens is 436 g/mol. The first-order valence-corrected chi connectivity index (χ1v) is 11.0. The molecule has 33 heavy (non-hydrogen) atoms. The Kier molecular flexibility index (Phi) is 7.22. The summed E-state index contributed by atoms with van der Waals surface area (Å²) in [6, 6.07) is 26.3. The van der Waals surface area contributed by atoms with Crippen molar-refractivity contribution in [2.75, 3.05) is 6.61 Å². The number of halogens is 1. The highest BCUT2D eigenvalue weighted by Gasteiger charge is 2.10. The Hall–Kier alpha value is -3.83. The molecule has 0 aliphatic heterocycles. The summed E-state index contributed by atoms with van der Waals surface area (Å²) in [5.74, 6) is 1.05. The van der Waals surface area contributed by atoms with Gasteiger partial charge in [-0.05, 0) is 54.1 Å². The Morgan fingerprint density at radius 2 is 1.70 bits per heavy atom. The molecule has 0 aliphatic carbocycles. The first-order valence-electron chi connectivity index (χ1n) is 10.6. The summed E-state index contributed by atoms with van der Waals surface area (Å²) in [4.78, 5) is 12.5. The summed E-state index contributed by atoms with van der Waals surface area (Å²) in [5, 5.41) is 6.86. The lowest BCUT2D eigenvalue weighted by Gasteiger charge is -2.12. The third-order valence-corrected chi connectivity index (χ3v) is 5.43. The first kappa shape index (κ1) is 22.4. The zero-order chi connectivity index (χ0) is 23.0. The smallest absolute Gasteiger partial charge is 0.271 e. The van der Waals surface area contributed by atoms with Crippen LogP contribution in [0.5, 0.6) is 11.5 Å². The number of ether oxygens (including phenoxy) is 2. The fourth-order valence-electron chi connectivity index (χ4n) is 3.39. The van der Waals surface area contributed by atoms with Crippen molar-refractivity contribution < 1.29 is 14.3 Å². The molecule has 6 heteroatoms. The highest BCUT2D eigenvalue weighted by Crippen LogP contribution is 2.28. The number of benzene rings is 4. The number of carbonyl (C=O) groups excluding carboxylic acids is 1. The van der Waals surface area contributed by atoms with E-state index in [0.29, 0.717) is 35.3 Å². The molecule has 0 bridgehead atoms. The standard InChI is InChI=1S/C27H23ClN2O3/c1-2-32-22-14-11-20(12-15-22)27(31)30-29-17-24-23-9-5-3-7-19(23)13-16-26(24)33-18-21-8-4-6-10-25(21)28/h3-17H,2,18H2,1H3,(H,30,31)/b29-17+. The van der Waals surface area contributed by atoms with Gasteiger partial charge >= 0.3 is 0 Å². The molecule has 4 aromatic carbocycles. The number of carbonyl (C=O) groups is 1. The molecule has 0 radical (unpaired) electrons.